The number of hydrogen-bond acceptors (Lipinski definition) is 15. The molecule has 19 heteroatoms. The molecule has 0 spiro atoms. The highest BCUT2D eigenvalue weighted by Crippen LogP contribution is 2.45. The zero-order valence-electron chi connectivity index (χ0n) is 57.3. The molecular formula is C69H134O17P2. The maximum atomic E-state index is 13.0. The smallest absolute Gasteiger partial charge is 0.462 e. The van der Waals surface area contributed by atoms with E-state index in [4.69, 9.17) is 37.0 Å². The minimum absolute atomic E-state index is 0.102. The molecule has 0 saturated carbocycles. The number of esters is 4. The first kappa shape index (κ1) is 86.1. The molecule has 0 aromatic rings. The summed E-state index contributed by atoms with van der Waals surface area (Å²) in [6.45, 7) is 14.1. The maximum Gasteiger partial charge on any atom is 0.472 e. The van der Waals surface area contributed by atoms with Crippen LogP contribution in [0.4, 0.5) is 0 Å². The molecule has 0 aliphatic rings. The van der Waals surface area contributed by atoms with Crippen molar-refractivity contribution in [1.29, 1.82) is 0 Å². The predicted molar refractivity (Wildman–Crippen MR) is 354 cm³/mol. The summed E-state index contributed by atoms with van der Waals surface area (Å²) in [4.78, 5) is 72.5. The fourth-order valence-electron chi connectivity index (χ4n) is 10.2. The Bertz CT molecular complexity index is 1760. The Balaban J connectivity index is 5.26. The molecule has 6 unspecified atom stereocenters. The van der Waals surface area contributed by atoms with Gasteiger partial charge in [-0.05, 0) is 49.4 Å². The molecule has 522 valence electrons. The third-order valence-corrected chi connectivity index (χ3v) is 19.2. The van der Waals surface area contributed by atoms with Gasteiger partial charge in [0.15, 0.2) is 12.2 Å². The summed E-state index contributed by atoms with van der Waals surface area (Å²) in [6.07, 6.45) is 40.2. The number of carbonyl (C=O) groups excluding carboxylic acids is 4. The summed E-state index contributed by atoms with van der Waals surface area (Å²) in [5.74, 6) is 0.929. The van der Waals surface area contributed by atoms with Gasteiger partial charge >= 0.3 is 39.5 Å². The first-order valence-electron chi connectivity index (χ1n) is 35.9. The van der Waals surface area contributed by atoms with Crippen LogP contribution in [0.1, 0.15) is 338 Å². The zero-order valence-corrected chi connectivity index (χ0v) is 59.1. The Hall–Kier alpha value is -1.94. The Morgan fingerprint density at radius 2 is 0.511 bits per heavy atom. The third kappa shape index (κ3) is 57.9. The Morgan fingerprint density at radius 3 is 0.750 bits per heavy atom. The van der Waals surface area contributed by atoms with E-state index >= 15 is 0 Å². The molecule has 3 N–H and O–H groups in total. The van der Waals surface area contributed by atoms with E-state index in [9.17, 15) is 43.2 Å². The van der Waals surface area contributed by atoms with E-state index < -0.39 is 97.5 Å². The summed E-state index contributed by atoms with van der Waals surface area (Å²) in [6, 6.07) is 0. The van der Waals surface area contributed by atoms with E-state index in [0.717, 1.165) is 120 Å². The number of aliphatic hydroxyl groups excluding tert-OH is 1. The highest BCUT2D eigenvalue weighted by Gasteiger charge is 2.30. The fourth-order valence-corrected chi connectivity index (χ4v) is 11.8. The molecule has 0 amide bonds. The van der Waals surface area contributed by atoms with Gasteiger partial charge in [0.2, 0.25) is 0 Å². The van der Waals surface area contributed by atoms with Crippen LogP contribution in [-0.2, 0) is 65.4 Å². The monoisotopic (exact) mass is 1300 g/mol. The van der Waals surface area contributed by atoms with Crippen molar-refractivity contribution in [3.63, 3.8) is 0 Å². The van der Waals surface area contributed by atoms with Crippen LogP contribution in [0, 0.1) is 23.7 Å². The quantitative estimate of drug-likeness (QED) is 0.0222. The minimum atomic E-state index is -4.95. The minimum Gasteiger partial charge on any atom is -0.462 e. The van der Waals surface area contributed by atoms with Crippen LogP contribution in [0.25, 0.3) is 0 Å². The van der Waals surface area contributed by atoms with Crippen LogP contribution in [0.5, 0.6) is 0 Å². The summed E-state index contributed by atoms with van der Waals surface area (Å²) < 4.78 is 68.2. The molecule has 0 aromatic heterocycles. The van der Waals surface area contributed by atoms with Crippen LogP contribution >= 0.6 is 15.6 Å². The van der Waals surface area contributed by atoms with E-state index in [1.54, 1.807) is 0 Å². The largest absolute Gasteiger partial charge is 0.472 e. The van der Waals surface area contributed by atoms with E-state index in [1.807, 2.05) is 0 Å². The van der Waals surface area contributed by atoms with Gasteiger partial charge in [-0.15, -0.1) is 0 Å². The van der Waals surface area contributed by atoms with Crippen LogP contribution in [0.2, 0.25) is 0 Å². The van der Waals surface area contributed by atoms with Gasteiger partial charge in [-0.2, -0.15) is 0 Å². The van der Waals surface area contributed by atoms with Gasteiger partial charge in [-0.1, -0.05) is 287 Å². The van der Waals surface area contributed by atoms with Gasteiger partial charge < -0.3 is 33.8 Å². The van der Waals surface area contributed by atoms with Crippen LogP contribution < -0.4 is 0 Å². The number of hydrogen-bond donors (Lipinski definition) is 3. The van der Waals surface area contributed by atoms with Crippen LogP contribution in [0.15, 0.2) is 0 Å². The van der Waals surface area contributed by atoms with Crippen molar-refractivity contribution in [1.82, 2.24) is 0 Å². The van der Waals surface area contributed by atoms with Crippen LogP contribution in [-0.4, -0.2) is 96.7 Å². The fraction of sp³-hybridized carbons (Fsp3) is 0.942. The lowest BCUT2D eigenvalue weighted by Crippen LogP contribution is -2.30. The van der Waals surface area contributed by atoms with E-state index in [2.05, 4.69) is 55.4 Å². The molecule has 0 radical (unpaired) electrons. The van der Waals surface area contributed by atoms with Gasteiger partial charge in [0.05, 0.1) is 26.4 Å². The van der Waals surface area contributed by atoms with Crippen molar-refractivity contribution in [2.75, 3.05) is 39.6 Å². The highest BCUT2D eigenvalue weighted by atomic mass is 31.2. The molecule has 0 heterocycles. The molecule has 17 nitrogen and oxygen atoms in total. The molecule has 0 fully saturated rings. The van der Waals surface area contributed by atoms with Gasteiger partial charge in [-0.25, -0.2) is 9.13 Å². The van der Waals surface area contributed by atoms with Crippen molar-refractivity contribution in [3.8, 4) is 0 Å². The molecule has 0 rings (SSSR count). The molecule has 0 aliphatic carbocycles. The summed E-state index contributed by atoms with van der Waals surface area (Å²) in [7, 11) is -9.90. The number of aliphatic hydroxyl groups is 1. The normalized spacial score (nSPS) is 15.5. The summed E-state index contributed by atoms with van der Waals surface area (Å²) >= 11 is 0. The van der Waals surface area contributed by atoms with Crippen molar-refractivity contribution < 1.29 is 80.2 Å². The second-order valence-corrected chi connectivity index (χ2v) is 28.8. The van der Waals surface area contributed by atoms with E-state index in [-0.39, 0.29) is 25.7 Å². The number of phosphoric acid groups is 2. The maximum absolute atomic E-state index is 13.0. The number of unbranched alkanes of at least 4 members (excludes halogenated alkanes) is 28. The second kappa shape index (κ2) is 58.8. The average molecular weight is 1300 g/mol. The zero-order chi connectivity index (χ0) is 65.4. The van der Waals surface area contributed by atoms with Gasteiger partial charge in [0.1, 0.15) is 19.3 Å². The standard InChI is InChI=1S/C69H134O17P2/c1-9-59(5)45-37-29-21-17-13-15-19-23-33-41-49-66(71)79-55-65(86-69(74)52-44-36-28-26-32-40-48-62(8)12-4)58-84-88(77,78)82-54-63(70)53-81-87(75,76)83-57-64(56-80-67(72)50-42-34-27-25-31-39-47-61(7)11-3)85-68(73)51-43-35-24-20-16-14-18-22-30-38-46-60(6)10-2/h59-65,70H,9-58H2,1-8H3,(H,75,76)(H,77,78)/t59?,60?,61?,62?,63-,64+,65+/m0/s1. The molecule has 0 aromatic carbocycles. The molecule has 88 heavy (non-hydrogen) atoms. The molecule has 0 bridgehead atoms. The number of carbonyl (C=O) groups is 4. The van der Waals surface area contributed by atoms with Gasteiger partial charge in [-0.3, -0.25) is 37.3 Å². The van der Waals surface area contributed by atoms with E-state index in [0.29, 0.717) is 25.7 Å². The average Bonchev–Trinajstić information content (AvgIpc) is 3.60. The van der Waals surface area contributed by atoms with Crippen molar-refractivity contribution in [3.05, 3.63) is 0 Å². The Kier molecular flexibility index (Phi) is 57.6. The molecule has 0 aliphatic heterocycles. The number of phosphoric ester groups is 2. The number of ether oxygens (including phenoxy) is 4. The van der Waals surface area contributed by atoms with Crippen molar-refractivity contribution in [2.24, 2.45) is 23.7 Å². The molecular weight excluding hydrogens is 1160 g/mol. The summed E-state index contributed by atoms with van der Waals surface area (Å²) in [5.41, 5.74) is 0. The van der Waals surface area contributed by atoms with E-state index in [1.165, 1.54) is 135 Å². The van der Waals surface area contributed by atoms with Gasteiger partial charge in [0.25, 0.3) is 0 Å². The SMILES string of the molecule is CCC(C)CCCCCCCCCCCCC(=O)OC[C@H](COP(=O)(O)OC[C@@H](O)COP(=O)(O)OC[C@@H](COC(=O)CCCCCCCCC(C)CC)OC(=O)CCCCCCCCCCCCC(C)CC)OC(=O)CCCCCCCCC(C)CC. The lowest BCUT2D eigenvalue weighted by Gasteiger charge is -2.21. The highest BCUT2D eigenvalue weighted by molar-refractivity contribution is 7.47. The Morgan fingerprint density at radius 1 is 0.307 bits per heavy atom. The summed E-state index contributed by atoms with van der Waals surface area (Å²) in [5, 5.41) is 10.6. The van der Waals surface area contributed by atoms with Crippen molar-refractivity contribution in [2.45, 2.75) is 356 Å². The molecule has 9 atom stereocenters. The second-order valence-electron chi connectivity index (χ2n) is 25.9. The molecule has 0 saturated heterocycles. The lowest BCUT2D eigenvalue weighted by molar-refractivity contribution is -0.161. The lowest BCUT2D eigenvalue weighted by atomic mass is 9.99. The third-order valence-electron chi connectivity index (χ3n) is 17.3. The first-order chi connectivity index (χ1) is 42.2. The predicted octanol–water partition coefficient (Wildman–Crippen LogP) is 19.3. The first-order valence-corrected chi connectivity index (χ1v) is 38.8. The van der Waals surface area contributed by atoms with Gasteiger partial charge in [0, 0.05) is 25.7 Å². The van der Waals surface area contributed by atoms with Crippen molar-refractivity contribution >= 4 is 39.5 Å². The van der Waals surface area contributed by atoms with Crippen LogP contribution in [0.3, 0.4) is 0 Å². The number of rotatable bonds is 66. The topological polar surface area (TPSA) is 237 Å². The Labute approximate surface area is 537 Å².